The van der Waals surface area contributed by atoms with Gasteiger partial charge in [0.1, 0.15) is 0 Å². The summed E-state index contributed by atoms with van der Waals surface area (Å²) in [5.41, 5.74) is 6.95. The Kier molecular flexibility index (Phi) is 1.70. The molecule has 1 aromatic carbocycles. The molecule has 0 aliphatic heterocycles. The lowest BCUT2D eigenvalue weighted by Gasteiger charge is -1.96. The van der Waals surface area contributed by atoms with E-state index in [0.29, 0.717) is 11.9 Å². The predicted molar refractivity (Wildman–Crippen MR) is 49.3 cm³/mol. The van der Waals surface area contributed by atoms with Crippen LogP contribution >= 0.6 is 0 Å². The number of aryl methyl sites for hydroxylation is 1. The zero-order chi connectivity index (χ0) is 9.42. The summed E-state index contributed by atoms with van der Waals surface area (Å²) in [6, 6.07) is 5.43. The summed E-state index contributed by atoms with van der Waals surface area (Å²) in [4.78, 5) is 11.2. The lowest BCUT2D eigenvalue weighted by atomic mass is 10.2. The van der Waals surface area contributed by atoms with Gasteiger partial charge in [0.05, 0.1) is 10.9 Å². The van der Waals surface area contributed by atoms with E-state index in [1.807, 2.05) is 12.1 Å². The molecule has 13 heavy (non-hydrogen) atoms. The first-order chi connectivity index (χ1) is 6.22. The Labute approximate surface area is 74.5 Å². The third-order valence-corrected chi connectivity index (χ3v) is 2.08. The Morgan fingerprint density at radius 1 is 1.54 bits per heavy atom. The molecule has 0 atom stereocenters. The summed E-state index contributed by atoms with van der Waals surface area (Å²) in [5.74, 6) is 0. The fourth-order valence-electron chi connectivity index (χ4n) is 1.36. The average molecular weight is 178 g/mol. The van der Waals surface area contributed by atoms with Gasteiger partial charge in [0.25, 0.3) is 0 Å². The van der Waals surface area contributed by atoms with E-state index >= 15 is 0 Å². The fraction of sp³-hybridized carbons (Fsp3) is 0.222. The van der Waals surface area contributed by atoms with E-state index in [1.165, 1.54) is 4.74 Å². The van der Waals surface area contributed by atoms with Gasteiger partial charge in [-0.3, -0.25) is 0 Å². The molecule has 0 amide bonds. The largest absolute Gasteiger partial charge is 0.365 e. The van der Waals surface area contributed by atoms with Crippen LogP contribution in [0.2, 0.25) is 0 Å². The highest BCUT2D eigenvalue weighted by Crippen LogP contribution is 2.12. The number of nitrogens with zero attached hydrogens (tertiary/aromatic N) is 1. The lowest BCUT2D eigenvalue weighted by molar-refractivity contribution is 0.296. The molecular formula is C9H10N2O2. The maximum atomic E-state index is 11.2. The number of nitrogens with two attached hydrogens (primary N) is 1. The quantitative estimate of drug-likeness (QED) is 0.695. The zero-order valence-corrected chi connectivity index (χ0v) is 7.28. The molecule has 1 heterocycles. The molecule has 2 N–H and O–H groups in total. The van der Waals surface area contributed by atoms with Crippen molar-refractivity contribution in [2.75, 3.05) is 0 Å². The van der Waals surface area contributed by atoms with Gasteiger partial charge >= 0.3 is 5.63 Å². The number of rotatable bonds is 1. The smallest absolute Gasteiger partial charge is 0.336 e. The highest BCUT2D eigenvalue weighted by atomic mass is 16.5. The summed E-state index contributed by atoms with van der Waals surface area (Å²) < 4.78 is 6.34. The van der Waals surface area contributed by atoms with Crippen molar-refractivity contribution in [3.05, 3.63) is 34.2 Å². The van der Waals surface area contributed by atoms with Crippen molar-refractivity contribution >= 4 is 10.9 Å². The van der Waals surface area contributed by atoms with E-state index in [9.17, 15) is 4.79 Å². The van der Waals surface area contributed by atoms with Crippen LogP contribution in [0.4, 0.5) is 0 Å². The van der Waals surface area contributed by atoms with Gasteiger partial charge in [-0.15, -0.1) is 0 Å². The zero-order valence-electron chi connectivity index (χ0n) is 7.28. The highest BCUT2D eigenvalue weighted by Gasteiger charge is 2.05. The Morgan fingerprint density at radius 3 is 3.00 bits per heavy atom. The maximum Gasteiger partial charge on any atom is 0.365 e. The van der Waals surface area contributed by atoms with Gasteiger partial charge in [0, 0.05) is 13.6 Å². The van der Waals surface area contributed by atoms with E-state index in [4.69, 9.17) is 10.3 Å². The second-order valence-electron chi connectivity index (χ2n) is 2.93. The van der Waals surface area contributed by atoms with Gasteiger partial charge < -0.3 is 10.3 Å². The molecule has 1 aromatic heterocycles. The van der Waals surface area contributed by atoms with Gasteiger partial charge in [-0.1, -0.05) is 6.07 Å². The summed E-state index contributed by atoms with van der Waals surface area (Å²) in [5, 5.41) is 0.597. The molecule has 0 radical (unpaired) electrons. The second-order valence-corrected chi connectivity index (χ2v) is 2.93. The molecule has 0 spiro atoms. The van der Waals surface area contributed by atoms with Crippen LogP contribution in [0.1, 0.15) is 5.56 Å². The van der Waals surface area contributed by atoms with E-state index in [0.717, 1.165) is 11.1 Å². The molecule has 68 valence electrons. The minimum Gasteiger partial charge on any atom is -0.336 e. The highest BCUT2D eigenvalue weighted by molar-refractivity contribution is 5.78. The Balaban J connectivity index is 2.84. The lowest BCUT2D eigenvalue weighted by Crippen LogP contribution is -1.96. The Bertz CT molecular complexity index is 496. The molecule has 0 aliphatic carbocycles. The third kappa shape index (κ3) is 1.15. The molecule has 4 nitrogen and oxygen atoms in total. The van der Waals surface area contributed by atoms with Crippen LogP contribution < -0.4 is 11.4 Å². The van der Waals surface area contributed by atoms with E-state index in [1.54, 1.807) is 13.1 Å². The molecule has 0 bridgehead atoms. The van der Waals surface area contributed by atoms with Crippen LogP contribution in [0.3, 0.4) is 0 Å². The van der Waals surface area contributed by atoms with Crippen molar-refractivity contribution in [3.63, 3.8) is 0 Å². The van der Waals surface area contributed by atoms with Crippen molar-refractivity contribution in [2.24, 2.45) is 12.8 Å². The van der Waals surface area contributed by atoms with Crippen LogP contribution in [0.25, 0.3) is 10.9 Å². The van der Waals surface area contributed by atoms with Crippen LogP contribution in [-0.2, 0) is 13.6 Å². The number of hydrogen-bond donors (Lipinski definition) is 1. The van der Waals surface area contributed by atoms with Crippen molar-refractivity contribution < 1.29 is 4.52 Å². The van der Waals surface area contributed by atoms with Crippen LogP contribution in [0, 0.1) is 0 Å². The minimum absolute atomic E-state index is 0.305. The van der Waals surface area contributed by atoms with Gasteiger partial charge in [0.15, 0.2) is 0 Å². The molecule has 4 heteroatoms. The van der Waals surface area contributed by atoms with Crippen molar-refractivity contribution in [1.82, 2.24) is 4.74 Å². The summed E-state index contributed by atoms with van der Waals surface area (Å²) in [7, 11) is 1.70. The predicted octanol–water partition coefficient (Wildman–Crippen LogP) is 0.590. The van der Waals surface area contributed by atoms with Gasteiger partial charge in [-0.2, -0.15) is 0 Å². The van der Waals surface area contributed by atoms with Gasteiger partial charge in [0.2, 0.25) is 0 Å². The Morgan fingerprint density at radius 2 is 2.31 bits per heavy atom. The average Bonchev–Trinajstić information content (AvgIpc) is 2.42. The monoisotopic (exact) mass is 178 g/mol. The normalized spacial score (nSPS) is 10.9. The van der Waals surface area contributed by atoms with Gasteiger partial charge in [-0.25, -0.2) is 9.53 Å². The van der Waals surface area contributed by atoms with Crippen molar-refractivity contribution in [3.8, 4) is 0 Å². The first-order valence-electron chi connectivity index (χ1n) is 4.01. The van der Waals surface area contributed by atoms with E-state index < -0.39 is 0 Å². The molecule has 2 rings (SSSR count). The standard InChI is InChI=1S/C9H10N2O2/c1-11-8-4-6(5-10)2-3-7(8)9(12)13-11/h2-4H,5,10H2,1H3. The summed E-state index contributed by atoms with van der Waals surface area (Å²) in [6.45, 7) is 0.468. The number of hydrogen-bond acceptors (Lipinski definition) is 3. The Hall–Kier alpha value is -1.55. The van der Waals surface area contributed by atoms with E-state index in [-0.39, 0.29) is 5.63 Å². The first-order valence-corrected chi connectivity index (χ1v) is 4.01. The molecule has 0 saturated carbocycles. The van der Waals surface area contributed by atoms with Crippen molar-refractivity contribution in [1.29, 1.82) is 0 Å². The third-order valence-electron chi connectivity index (χ3n) is 2.08. The fourth-order valence-corrected chi connectivity index (χ4v) is 1.36. The number of benzene rings is 1. The van der Waals surface area contributed by atoms with Gasteiger partial charge in [-0.05, 0) is 17.7 Å². The molecule has 0 aliphatic rings. The molecular weight excluding hydrogens is 168 g/mol. The second kappa shape index (κ2) is 2.74. The summed E-state index contributed by atoms with van der Waals surface area (Å²) in [6.07, 6.45) is 0. The van der Waals surface area contributed by atoms with E-state index in [2.05, 4.69) is 0 Å². The van der Waals surface area contributed by atoms with Crippen LogP contribution in [0.15, 0.2) is 27.5 Å². The number of aromatic nitrogens is 1. The minimum atomic E-state index is -0.305. The molecule has 0 fully saturated rings. The van der Waals surface area contributed by atoms with Crippen LogP contribution in [0.5, 0.6) is 0 Å². The molecule has 0 unspecified atom stereocenters. The topological polar surface area (TPSA) is 61.2 Å². The number of fused-ring (bicyclic) bond motifs is 1. The first kappa shape index (κ1) is 8.07. The summed E-state index contributed by atoms with van der Waals surface area (Å²) >= 11 is 0. The molecule has 2 aromatic rings. The van der Waals surface area contributed by atoms with Crippen LogP contribution in [-0.4, -0.2) is 4.74 Å². The molecule has 0 saturated heterocycles. The van der Waals surface area contributed by atoms with Crippen molar-refractivity contribution in [2.45, 2.75) is 6.54 Å². The SMILES string of the molecule is Cn1oc(=O)c2ccc(CN)cc21. The maximum absolute atomic E-state index is 11.2.